The molecule has 7 heteroatoms. The van der Waals surface area contributed by atoms with Crippen LogP contribution in [-0.4, -0.2) is 47.3 Å². The number of carboxylic acid groups (broad SMARTS) is 1. The molecule has 1 saturated carbocycles. The number of carbonyl (C=O) groups is 3. The van der Waals surface area contributed by atoms with E-state index in [1.807, 2.05) is 19.1 Å². The summed E-state index contributed by atoms with van der Waals surface area (Å²) in [6.07, 6.45) is 6.09. The molecule has 0 radical (unpaired) electrons. The van der Waals surface area contributed by atoms with Crippen LogP contribution >= 0.6 is 0 Å². The summed E-state index contributed by atoms with van der Waals surface area (Å²) >= 11 is 0. The van der Waals surface area contributed by atoms with Crippen LogP contribution in [-0.2, 0) is 14.3 Å². The number of hydrogen-bond acceptors (Lipinski definition) is 5. The van der Waals surface area contributed by atoms with Gasteiger partial charge in [-0.3, -0.25) is 9.59 Å². The van der Waals surface area contributed by atoms with Crippen molar-refractivity contribution in [2.24, 2.45) is 11.8 Å². The number of unbranched alkanes of at least 4 members (excludes halogenated alkanes) is 2. The fraction of sp³-hybridized carbons (Fsp3) is 0.722. The highest BCUT2D eigenvalue weighted by molar-refractivity contribution is 5.84. The monoisotopic (exact) mass is 355 g/mol. The van der Waals surface area contributed by atoms with Gasteiger partial charge in [-0.1, -0.05) is 25.5 Å². The highest BCUT2D eigenvalue weighted by Crippen LogP contribution is 2.32. The van der Waals surface area contributed by atoms with Crippen LogP contribution in [0.2, 0.25) is 0 Å². The van der Waals surface area contributed by atoms with Crippen molar-refractivity contribution in [1.82, 2.24) is 5.32 Å². The molecule has 1 aliphatic carbocycles. The molecule has 1 rings (SSSR count). The molecule has 0 saturated heterocycles. The van der Waals surface area contributed by atoms with Crippen molar-refractivity contribution in [1.29, 1.82) is 0 Å². The van der Waals surface area contributed by atoms with Crippen LogP contribution in [0.1, 0.15) is 51.9 Å². The van der Waals surface area contributed by atoms with Gasteiger partial charge >= 0.3 is 12.1 Å². The summed E-state index contributed by atoms with van der Waals surface area (Å²) in [5, 5.41) is 21.2. The van der Waals surface area contributed by atoms with Crippen molar-refractivity contribution in [3.63, 3.8) is 0 Å². The first-order valence-electron chi connectivity index (χ1n) is 8.93. The Kier molecular flexibility index (Phi) is 9.84. The van der Waals surface area contributed by atoms with Gasteiger partial charge in [0, 0.05) is 31.2 Å². The van der Waals surface area contributed by atoms with Crippen LogP contribution < -0.4 is 5.32 Å². The Morgan fingerprint density at radius 1 is 1.32 bits per heavy atom. The third-order valence-electron chi connectivity index (χ3n) is 4.36. The first-order valence-corrected chi connectivity index (χ1v) is 8.93. The summed E-state index contributed by atoms with van der Waals surface area (Å²) in [5.41, 5.74) is 0. The largest absolute Gasteiger partial charge is 0.481 e. The van der Waals surface area contributed by atoms with Crippen molar-refractivity contribution < 1.29 is 29.3 Å². The average Bonchev–Trinajstić information content (AvgIpc) is 2.82. The number of amides is 1. The fourth-order valence-corrected chi connectivity index (χ4v) is 2.87. The minimum atomic E-state index is -0.822. The van der Waals surface area contributed by atoms with Crippen molar-refractivity contribution >= 4 is 17.8 Å². The van der Waals surface area contributed by atoms with Crippen molar-refractivity contribution in [3.8, 4) is 0 Å². The number of carbonyl (C=O) groups excluding carboxylic acids is 2. The topological polar surface area (TPSA) is 113 Å². The van der Waals surface area contributed by atoms with Crippen LogP contribution in [0, 0.1) is 11.8 Å². The number of carboxylic acids is 1. The summed E-state index contributed by atoms with van der Waals surface area (Å²) in [7, 11) is 0. The Morgan fingerprint density at radius 2 is 2.08 bits per heavy atom. The number of Topliss-reactive ketones (excluding diaryl/α,β-unsaturated/α-hetero) is 1. The second-order valence-electron chi connectivity index (χ2n) is 6.38. The number of aliphatic hydroxyl groups is 1. The molecule has 1 aliphatic rings. The van der Waals surface area contributed by atoms with E-state index in [4.69, 9.17) is 9.84 Å². The van der Waals surface area contributed by atoms with Crippen molar-refractivity contribution in [2.75, 3.05) is 13.2 Å². The lowest BCUT2D eigenvalue weighted by Crippen LogP contribution is -2.31. The molecule has 3 atom stereocenters. The van der Waals surface area contributed by atoms with Gasteiger partial charge in [0.05, 0.1) is 12.7 Å². The maximum Gasteiger partial charge on any atom is 0.407 e. The lowest BCUT2D eigenvalue weighted by molar-refractivity contribution is -0.137. The van der Waals surface area contributed by atoms with Gasteiger partial charge in [0.15, 0.2) is 0 Å². The van der Waals surface area contributed by atoms with E-state index in [0.29, 0.717) is 25.8 Å². The Bertz CT molecular complexity index is 476. The molecule has 0 aliphatic heterocycles. The van der Waals surface area contributed by atoms with Gasteiger partial charge in [-0.05, 0) is 25.7 Å². The maximum absolute atomic E-state index is 12.0. The second-order valence-corrected chi connectivity index (χ2v) is 6.38. The first kappa shape index (κ1) is 21.2. The first-order chi connectivity index (χ1) is 12.0. The van der Waals surface area contributed by atoms with Gasteiger partial charge in [0.1, 0.15) is 5.78 Å². The van der Waals surface area contributed by atoms with E-state index in [2.05, 4.69) is 5.32 Å². The molecule has 142 valence electrons. The summed E-state index contributed by atoms with van der Waals surface area (Å²) < 4.78 is 5.14. The summed E-state index contributed by atoms with van der Waals surface area (Å²) in [6, 6.07) is 0. The van der Waals surface area contributed by atoms with Crippen molar-refractivity contribution in [2.45, 2.75) is 58.0 Å². The molecular weight excluding hydrogens is 326 g/mol. The molecule has 0 bridgehead atoms. The molecule has 0 unspecified atom stereocenters. The highest BCUT2D eigenvalue weighted by Gasteiger charge is 2.41. The number of ketones is 1. The normalized spacial score (nSPS) is 23.1. The summed E-state index contributed by atoms with van der Waals surface area (Å²) in [5.74, 6) is -1.61. The van der Waals surface area contributed by atoms with Crippen LogP contribution in [0.15, 0.2) is 12.2 Å². The van der Waals surface area contributed by atoms with Gasteiger partial charge in [-0.2, -0.15) is 0 Å². The Hall–Kier alpha value is -1.89. The number of aliphatic carboxylic acids is 1. The van der Waals surface area contributed by atoms with Gasteiger partial charge in [0.2, 0.25) is 0 Å². The molecule has 7 nitrogen and oxygen atoms in total. The minimum absolute atomic E-state index is 0.0163. The van der Waals surface area contributed by atoms with E-state index < -0.39 is 24.1 Å². The predicted molar refractivity (Wildman–Crippen MR) is 92.1 cm³/mol. The SMILES string of the molecule is CCCCNC(=O)OC[C@H]1[C@H](O)CC(=O)[C@@H]1C/C=C\CCCC(=O)O. The van der Waals surface area contributed by atoms with E-state index in [1.54, 1.807) is 0 Å². The smallest absolute Gasteiger partial charge is 0.407 e. The predicted octanol–water partition coefficient (Wildman–Crippen LogP) is 2.28. The molecule has 0 aromatic heterocycles. The molecular formula is C18H29NO6. The van der Waals surface area contributed by atoms with Crippen LogP contribution in [0.25, 0.3) is 0 Å². The standard InChI is InChI=1S/C18H29NO6/c1-2-3-10-19-18(24)25-12-14-13(15(20)11-16(14)21)8-6-4-5-7-9-17(22)23/h4,6,13-14,16,21H,2-3,5,7-12H2,1H3,(H,19,24)(H,22,23)/b6-4-/t13-,14-,16-/m1/s1. The van der Waals surface area contributed by atoms with E-state index in [9.17, 15) is 19.5 Å². The van der Waals surface area contributed by atoms with Gasteiger partial charge in [0.25, 0.3) is 0 Å². The van der Waals surface area contributed by atoms with Crippen molar-refractivity contribution in [3.05, 3.63) is 12.2 Å². The zero-order valence-electron chi connectivity index (χ0n) is 14.8. The molecule has 25 heavy (non-hydrogen) atoms. The number of ether oxygens (including phenoxy) is 1. The van der Waals surface area contributed by atoms with E-state index >= 15 is 0 Å². The molecule has 0 spiro atoms. The lowest BCUT2D eigenvalue weighted by Gasteiger charge is -2.19. The van der Waals surface area contributed by atoms with E-state index in [-0.39, 0.29) is 31.1 Å². The Balaban J connectivity index is 2.39. The molecule has 1 amide bonds. The number of allylic oxidation sites excluding steroid dienone is 2. The van der Waals surface area contributed by atoms with E-state index in [0.717, 1.165) is 12.8 Å². The van der Waals surface area contributed by atoms with Gasteiger partial charge in [-0.15, -0.1) is 0 Å². The number of nitrogens with one attached hydrogen (secondary N) is 1. The third-order valence-corrected chi connectivity index (χ3v) is 4.36. The summed E-state index contributed by atoms with van der Waals surface area (Å²) in [6.45, 7) is 2.58. The molecule has 3 N–H and O–H groups in total. The molecule has 1 fully saturated rings. The van der Waals surface area contributed by atoms with Crippen LogP contribution in [0.3, 0.4) is 0 Å². The molecule has 0 heterocycles. The van der Waals surface area contributed by atoms with Gasteiger partial charge < -0.3 is 20.3 Å². The number of rotatable bonds is 11. The number of hydrogen-bond donors (Lipinski definition) is 3. The number of aliphatic hydroxyl groups excluding tert-OH is 1. The Morgan fingerprint density at radius 3 is 2.76 bits per heavy atom. The molecule has 0 aromatic carbocycles. The maximum atomic E-state index is 12.0. The lowest BCUT2D eigenvalue weighted by atomic mass is 9.91. The minimum Gasteiger partial charge on any atom is -0.481 e. The number of alkyl carbamates (subject to hydrolysis) is 1. The molecule has 0 aromatic rings. The van der Waals surface area contributed by atoms with E-state index in [1.165, 1.54) is 0 Å². The zero-order chi connectivity index (χ0) is 18.7. The zero-order valence-corrected chi connectivity index (χ0v) is 14.8. The average molecular weight is 355 g/mol. The Labute approximate surface area is 148 Å². The second kappa shape index (κ2) is 11.6. The fourth-order valence-electron chi connectivity index (χ4n) is 2.87. The van der Waals surface area contributed by atoms with Crippen LogP contribution in [0.5, 0.6) is 0 Å². The van der Waals surface area contributed by atoms with Gasteiger partial charge in [-0.25, -0.2) is 4.79 Å². The highest BCUT2D eigenvalue weighted by atomic mass is 16.5. The summed E-state index contributed by atoms with van der Waals surface area (Å²) in [4.78, 5) is 34.1. The quantitative estimate of drug-likeness (QED) is 0.387. The van der Waals surface area contributed by atoms with Crippen LogP contribution in [0.4, 0.5) is 4.79 Å². The third kappa shape index (κ3) is 8.16.